The summed E-state index contributed by atoms with van der Waals surface area (Å²) < 4.78 is 5.76. The van der Waals surface area contributed by atoms with Gasteiger partial charge in [0, 0.05) is 18.2 Å². The normalized spacial score (nSPS) is 12.0. The molecule has 0 aliphatic heterocycles. The van der Waals surface area contributed by atoms with E-state index in [0.717, 1.165) is 12.0 Å². The maximum absolute atomic E-state index is 12.0. The molecule has 2 aromatic rings. The van der Waals surface area contributed by atoms with Gasteiger partial charge in [0.05, 0.1) is 16.7 Å². The Labute approximate surface area is 146 Å². The topological polar surface area (TPSA) is 38.3 Å². The lowest BCUT2D eigenvalue weighted by molar-refractivity contribution is 0.0635. The van der Waals surface area contributed by atoms with Crippen LogP contribution in [0.5, 0.6) is 0 Å². The van der Waals surface area contributed by atoms with Gasteiger partial charge in [-0.15, -0.1) is 0 Å². The molecule has 0 aliphatic carbocycles. The van der Waals surface area contributed by atoms with E-state index in [0.29, 0.717) is 28.8 Å². The number of nitrogens with one attached hydrogen (secondary N) is 1. The van der Waals surface area contributed by atoms with Gasteiger partial charge < -0.3 is 10.1 Å². The third-order valence-electron chi connectivity index (χ3n) is 3.42. The van der Waals surface area contributed by atoms with E-state index in [4.69, 9.17) is 27.9 Å². The number of carbonyl (C=O) groups excluding carboxylic acids is 1. The van der Waals surface area contributed by atoms with Crippen molar-refractivity contribution in [1.82, 2.24) is 5.32 Å². The molecule has 0 bridgehead atoms. The fourth-order valence-corrected chi connectivity index (χ4v) is 2.50. The molecule has 0 unspecified atom stereocenters. The molecule has 0 radical (unpaired) electrons. The lowest BCUT2D eigenvalue weighted by atomic mass is 10.1. The highest BCUT2D eigenvalue weighted by Gasteiger charge is 2.10. The number of rotatable bonds is 7. The number of benzene rings is 2. The summed E-state index contributed by atoms with van der Waals surface area (Å²) in [5, 5.41) is 3.69. The summed E-state index contributed by atoms with van der Waals surface area (Å²) in [6, 6.07) is 14.9. The Morgan fingerprint density at radius 1 is 1.17 bits per heavy atom. The summed E-state index contributed by atoms with van der Waals surface area (Å²) >= 11 is 11.9. The zero-order chi connectivity index (χ0) is 16.7. The monoisotopic (exact) mass is 351 g/mol. The second-order valence-corrected chi connectivity index (χ2v) is 6.00. The van der Waals surface area contributed by atoms with Crippen LogP contribution in [-0.4, -0.2) is 19.1 Å². The Hall–Kier alpha value is -1.55. The summed E-state index contributed by atoms with van der Waals surface area (Å²) in [4.78, 5) is 12.0. The first kappa shape index (κ1) is 17.8. The van der Waals surface area contributed by atoms with Crippen molar-refractivity contribution in [2.75, 3.05) is 13.2 Å². The quantitative estimate of drug-likeness (QED) is 0.721. The number of hydrogen-bond acceptors (Lipinski definition) is 2. The van der Waals surface area contributed by atoms with Crippen molar-refractivity contribution < 1.29 is 9.53 Å². The summed E-state index contributed by atoms with van der Waals surface area (Å²) in [7, 11) is 0. The van der Waals surface area contributed by atoms with E-state index in [9.17, 15) is 4.79 Å². The minimum atomic E-state index is -0.228. The van der Waals surface area contributed by atoms with Crippen LogP contribution in [0.25, 0.3) is 0 Å². The molecule has 0 aliphatic rings. The number of hydrogen-bond donors (Lipinski definition) is 1. The third-order valence-corrected chi connectivity index (χ3v) is 3.98. The van der Waals surface area contributed by atoms with Crippen molar-refractivity contribution in [2.45, 2.75) is 19.4 Å². The maximum atomic E-state index is 12.0. The molecule has 2 aromatic carbocycles. The Bertz CT molecular complexity index is 647. The zero-order valence-electron chi connectivity index (χ0n) is 12.9. The Balaban J connectivity index is 1.71. The number of carbonyl (C=O) groups is 1. The molecule has 0 saturated heterocycles. The molecule has 122 valence electrons. The third kappa shape index (κ3) is 5.54. The second-order valence-electron chi connectivity index (χ2n) is 5.16. The van der Waals surface area contributed by atoms with Crippen LogP contribution in [0.3, 0.4) is 0 Å². The van der Waals surface area contributed by atoms with Crippen molar-refractivity contribution in [3.8, 4) is 0 Å². The summed E-state index contributed by atoms with van der Waals surface area (Å²) in [6.45, 7) is 3.10. The molecule has 1 N–H and O–H groups in total. The van der Waals surface area contributed by atoms with E-state index in [1.54, 1.807) is 18.2 Å². The minimum Gasteiger partial charge on any atom is -0.374 e. The largest absolute Gasteiger partial charge is 0.374 e. The second kappa shape index (κ2) is 8.92. The Morgan fingerprint density at radius 2 is 1.91 bits per heavy atom. The van der Waals surface area contributed by atoms with Crippen molar-refractivity contribution in [3.05, 3.63) is 69.7 Å². The van der Waals surface area contributed by atoms with Crippen molar-refractivity contribution in [1.29, 1.82) is 0 Å². The van der Waals surface area contributed by atoms with Crippen LogP contribution in [0.1, 0.15) is 35.4 Å². The van der Waals surface area contributed by atoms with E-state index < -0.39 is 0 Å². The SMILES string of the molecule is C[C@H](OCCCNC(=O)c1cc(Cl)ccc1Cl)c1ccccc1. The van der Waals surface area contributed by atoms with E-state index in [-0.39, 0.29) is 12.0 Å². The van der Waals surface area contributed by atoms with E-state index >= 15 is 0 Å². The predicted octanol–water partition coefficient (Wildman–Crippen LogP) is 4.89. The van der Waals surface area contributed by atoms with Crippen LogP contribution in [-0.2, 0) is 4.74 Å². The molecule has 0 saturated carbocycles. The highest BCUT2D eigenvalue weighted by atomic mass is 35.5. The van der Waals surface area contributed by atoms with Crippen LogP contribution in [0.4, 0.5) is 0 Å². The summed E-state index contributed by atoms with van der Waals surface area (Å²) in [5.41, 5.74) is 1.53. The first-order valence-electron chi connectivity index (χ1n) is 7.47. The number of halogens is 2. The number of amides is 1. The Morgan fingerprint density at radius 3 is 2.65 bits per heavy atom. The van der Waals surface area contributed by atoms with E-state index in [1.165, 1.54) is 0 Å². The fourth-order valence-electron chi connectivity index (χ4n) is 2.12. The van der Waals surface area contributed by atoms with Gasteiger partial charge in [0.15, 0.2) is 0 Å². The minimum absolute atomic E-state index is 0.0364. The van der Waals surface area contributed by atoms with Gasteiger partial charge in [-0.3, -0.25) is 4.79 Å². The molecule has 2 rings (SSSR count). The summed E-state index contributed by atoms with van der Waals surface area (Å²) in [5.74, 6) is -0.228. The van der Waals surface area contributed by atoms with Gasteiger partial charge in [-0.2, -0.15) is 0 Å². The van der Waals surface area contributed by atoms with Gasteiger partial charge in [0.2, 0.25) is 0 Å². The van der Waals surface area contributed by atoms with Gasteiger partial charge in [-0.05, 0) is 37.1 Å². The van der Waals surface area contributed by atoms with Crippen molar-refractivity contribution >= 4 is 29.1 Å². The molecule has 0 fully saturated rings. The lowest BCUT2D eigenvalue weighted by Gasteiger charge is -2.13. The maximum Gasteiger partial charge on any atom is 0.252 e. The standard InChI is InChI=1S/C18H19Cl2NO2/c1-13(14-6-3-2-4-7-14)23-11-5-10-21-18(22)16-12-15(19)8-9-17(16)20/h2-4,6-9,12-13H,5,10-11H2,1H3,(H,21,22)/t13-/m0/s1. The molecule has 5 heteroatoms. The number of ether oxygens (including phenoxy) is 1. The van der Waals surface area contributed by atoms with Crippen molar-refractivity contribution in [3.63, 3.8) is 0 Å². The first-order valence-corrected chi connectivity index (χ1v) is 8.23. The van der Waals surface area contributed by atoms with Crippen LogP contribution < -0.4 is 5.32 Å². The molecule has 3 nitrogen and oxygen atoms in total. The Kier molecular flexibility index (Phi) is 6.90. The molecule has 23 heavy (non-hydrogen) atoms. The molecule has 1 atom stereocenters. The van der Waals surface area contributed by atoms with Gasteiger partial charge >= 0.3 is 0 Å². The molecule has 1 amide bonds. The van der Waals surface area contributed by atoms with Gasteiger partial charge in [0.25, 0.3) is 5.91 Å². The molecule has 0 spiro atoms. The average molecular weight is 352 g/mol. The molecule has 0 heterocycles. The fraction of sp³-hybridized carbons (Fsp3) is 0.278. The molecular formula is C18H19Cl2NO2. The zero-order valence-corrected chi connectivity index (χ0v) is 14.4. The van der Waals surface area contributed by atoms with Crippen LogP contribution >= 0.6 is 23.2 Å². The van der Waals surface area contributed by atoms with Gasteiger partial charge in [0.1, 0.15) is 0 Å². The predicted molar refractivity (Wildman–Crippen MR) is 94.2 cm³/mol. The molecule has 0 aromatic heterocycles. The van der Waals surface area contributed by atoms with Crippen LogP contribution in [0.15, 0.2) is 48.5 Å². The average Bonchev–Trinajstić information content (AvgIpc) is 2.57. The smallest absolute Gasteiger partial charge is 0.252 e. The van der Waals surface area contributed by atoms with Crippen molar-refractivity contribution in [2.24, 2.45) is 0 Å². The highest BCUT2D eigenvalue weighted by molar-refractivity contribution is 6.35. The lowest BCUT2D eigenvalue weighted by Crippen LogP contribution is -2.25. The van der Waals surface area contributed by atoms with Crippen LogP contribution in [0, 0.1) is 0 Å². The van der Waals surface area contributed by atoms with E-state index in [1.807, 2.05) is 37.3 Å². The van der Waals surface area contributed by atoms with Gasteiger partial charge in [-0.1, -0.05) is 53.5 Å². The van der Waals surface area contributed by atoms with Gasteiger partial charge in [-0.25, -0.2) is 0 Å². The molecular weight excluding hydrogens is 333 g/mol. The summed E-state index contributed by atoms with van der Waals surface area (Å²) in [6.07, 6.45) is 0.760. The highest BCUT2D eigenvalue weighted by Crippen LogP contribution is 2.20. The first-order chi connectivity index (χ1) is 11.1. The van der Waals surface area contributed by atoms with E-state index in [2.05, 4.69) is 5.32 Å². The van der Waals surface area contributed by atoms with Crippen LogP contribution in [0.2, 0.25) is 10.0 Å².